The zero-order chi connectivity index (χ0) is 13.5. The zero-order valence-electron chi connectivity index (χ0n) is 11.2. The summed E-state index contributed by atoms with van der Waals surface area (Å²) in [5.41, 5.74) is 0.271. The number of carbonyl (C=O) groups is 1. The first-order chi connectivity index (χ1) is 8.31. The number of piperazine rings is 1. The maximum atomic E-state index is 11.0. The monoisotopic (exact) mass is 269 g/mol. The van der Waals surface area contributed by atoms with Crippen LogP contribution in [0.2, 0.25) is 0 Å². The maximum Gasteiger partial charge on any atom is 0.355 e. The number of hydrogen-bond acceptors (Lipinski definition) is 5. The number of hydrogen-bond donors (Lipinski definition) is 1. The fourth-order valence-corrected chi connectivity index (χ4v) is 3.04. The number of carboxylic acid groups (broad SMARTS) is 1. The molecule has 18 heavy (non-hydrogen) atoms. The molecule has 6 heteroatoms. The molecule has 1 fully saturated rings. The van der Waals surface area contributed by atoms with Crippen LogP contribution in [-0.4, -0.2) is 53.2 Å². The molecule has 1 aromatic rings. The van der Waals surface area contributed by atoms with Crippen molar-refractivity contribution >= 4 is 22.4 Å². The van der Waals surface area contributed by atoms with Gasteiger partial charge in [0.2, 0.25) is 0 Å². The zero-order valence-corrected chi connectivity index (χ0v) is 12.0. The van der Waals surface area contributed by atoms with Gasteiger partial charge >= 0.3 is 5.97 Å². The van der Waals surface area contributed by atoms with Crippen molar-refractivity contribution in [2.24, 2.45) is 0 Å². The number of thiazole rings is 1. The van der Waals surface area contributed by atoms with E-state index in [1.807, 2.05) is 6.92 Å². The molecule has 0 spiro atoms. The molecular formula is C12H19N3O2S. The topological polar surface area (TPSA) is 56.7 Å². The molecule has 0 radical (unpaired) electrons. The Hall–Kier alpha value is -1.14. The Morgan fingerprint density at radius 1 is 1.44 bits per heavy atom. The lowest BCUT2D eigenvalue weighted by atomic mass is 10.0. The summed E-state index contributed by atoms with van der Waals surface area (Å²) in [6, 6.07) is 0. The van der Waals surface area contributed by atoms with E-state index in [1.165, 1.54) is 11.3 Å². The minimum Gasteiger partial charge on any atom is -0.476 e. The Morgan fingerprint density at radius 3 is 2.61 bits per heavy atom. The number of aromatic carboxylic acids is 1. The van der Waals surface area contributed by atoms with Gasteiger partial charge in [-0.3, -0.25) is 4.90 Å². The van der Waals surface area contributed by atoms with E-state index < -0.39 is 5.97 Å². The van der Waals surface area contributed by atoms with Crippen LogP contribution < -0.4 is 4.90 Å². The van der Waals surface area contributed by atoms with Crippen molar-refractivity contribution < 1.29 is 9.90 Å². The van der Waals surface area contributed by atoms with E-state index in [4.69, 9.17) is 5.11 Å². The van der Waals surface area contributed by atoms with Crippen molar-refractivity contribution in [1.29, 1.82) is 0 Å². The molecule has 1 aliphatic rings. The number of aromatic nitrogens is 1. The molecule has 1 aromatic heterocycles. The van der Waals surface area contributed by atoms with Gasteiger partial charge in [0.15, 0.2) is 10.8 Å². The number of aryl methyl sites for hydroxylation is 1. The van der Waals surface area contributed by atoms with Crippen LogP contribution in [-0.2, 0) is 0 Å². The molecule has 100 valence electrons. The molecule has 0 amide bonds. The molecule has 0 aliphatic carbocycles. The molecule has 2 heterocycles. The third-order valence-electron chi connectivity index (χ3n) is 3.57. The predicted molar refractivity (Wildman–Crippen MR) is 72.7 cm³/mol. The van der Waals surface area contributed by atoms with Crippen molar-refractivity contribution in [3.8, 4) is 0 Å². The third-order valence-corrected chi connectivity index (χ3v) is 4.61. The molecule has 1 aliphatic heterocycles. The van der Waals surface area contributed by atoms with E-state index in [0.717, 1.165) is 29.6 Å². The highest BCUT2D eigenvalue weighted by atomic mass is 32.1. The molecular weight excluding hydrogens is 250 g/mol. The first-order valence-electron chi connectivity index (χ1n) is 5.98. The summed E-state index contributed by atoms with van der Waals surface area (Å²) in [7, 11) is 2.12. The Bertz CT molecular complexity index is 470. The lowest BCUT2D eigenvalue weighted by Crippen LogP contribution is -2.57. The summed E-state index contributed by atoms with van der Waals surface area (Å²) < 4.78 is 0. The van der Waals surface area contributed by atoms with E-state index in [9.17, 15) is 4.79 Å². The van der Waals surface area contributed by atoms with Crippen LogP contribution >= 0.6 is 11.3 Å². The maximum absolute atomic E-state index is 11.0. The van der Waals surface area contributed by atoms with E-state index >= 15 is 0 Å². The molecule has 2 rings (SSSR count). The van der Waals surface area contributed by atoms with Gasteiger partial charge in [-0.1, -0.05) is 0 Å². The molecule has 5 nitrogen and oxygen atoms in total. The summed E-state index contributed by atoms with van der Waals surface area (Å²) in [5, 5.41) is 9.86. The van der Waals surface area contributed by atoms with Crippen LogP contribution in [0.15, 0.2) is 0 Å². The Morgan fingerprint density at radius 2 is 2.11 bits per heavy atom. The average molecular weight is 269 g/mol. The van der Waals surface area contributed by atoms with Gasteiger partial charge in [0, 0.05) is 30.1 Å². The molecule has 1 saturated heterocycles. The number of carboxylic acids is 1. The smallest absolute Gasteiger partial charge is 0.355 e. The van der Waals surface area contributed by atoms with Gasteiger partial charge < -0.3 is 10.0 Å². The van der Waals surface area contributed by atoms with E-state index in [-0.39, 0.29) is 11.2 Å². The fourth-order valence-electron chi connectivity index (χ4n) is 2.12. The fraction of sp³-hybridized carbons (Fsp3) is 0.667. The van der Waals surface area contributed by atoms with Crippen LogP contribution in [0.5, 0.6) is 0 Å². The number of rotatable bonds is 2. The summed E-state index contributed by atoms with van der Waals surface area (Å²) in [5.74, 6) is -0.941. The molecule has 0 saturated carbocycles. The summed E-state index contributed by atoms with van der Waals surface area (Å²) in [4.78, 5) is 20.5. The van der Waals surface area contributed by atoms with E-state index in [0.29, 0.717) is 0 Å². The van der Waals surface area contributed by atoms with Crippen LogP contribution in [0.1, 0.15) is 29.2 Å². The van der Waals surface area contributed by atoms with E-state index in [1.54, 1.807) is 0 Å². The third kappa shape index (κ3) is 2.35. The number of likely N-dealkylation sites (N-methyl/N-ethyl adjacent to an activating group) is 1. The second kappa shape index (κ2) is 4.51. The Labute approximate surface area is 111 Å². The standard InChI is InChI=1S/C12H19N3O2S/c1-8-9(10(16)17)13-11(18-8)15-6-5-14(4)12(2,3)7-15/h5-7H2,1-4H3,(H,16,17). The van der Waals surface area contributed by atoms with Gasteiger partial charge in [0.05, 0.1) is 0 Å². The van der Waals surface area contributed by atoms with Crippen molar-refractivity contribution in [3.05, 3.63) is 10.6 Å². The minimum atomic E-state index is -0.941. The normalized spacial score (nSPS) is 20.1. The van der Waals surface area contributed by atoms with Crippen LogP contribution in [0.3, 0.4) is 0 Å². The van der Waals surface area contributed by atoms with E-state index in [2.05, 4.69) is 35.7 Å². The second-order valence-corrected chi connectivity index (χ2v) is 6.54. The predicted octanol–water partition coefficient (Wildman–Crippen LogP) is 1.68. The van der Waals surface area contributed by atoms with Gasteiger partial charge in [-0.15, -0.1) is 11.3 Å². The van der Waals surface area contributed by atoms with Crippen molar-refractivity contribution in [2.45, 2.75) is 26.3 Å². The van der Waals surface area contributed by atoms with Crippen LogP contribution in [0.25, 0.3) is 0 Å². The second-order valence-electron chi connectivity index (χ2n) is 5.36. The van der Waals surface area contributed by atoms with Gasteiger partial charge in [-0.2, -0.15) is 0 Å². The Kier molecular flexibility index (Phi) is 3.33. The van der Waals surface area contributed by atoms with Gasteiger partial charge in [0.1, 0.15) is 0 Å². The summed E-state index contributed by atoms with van der Waals surface area (Å²) in [6.07, 6.45) is 0. The van der Waals surface area contributed by atoms with Gasteiger partial charge in [0.25, 0.3) is 0 Å². The van der Waals surface area contributed by atoms with Gasteiger partial charge in [-0.05, 0) is 27.8 Å². The minimum absolute atomic E-state index is 0.0845. The van der Waals surface area contributed by atoms with Crippen molar-refractivity contribution in [1.82, 2.24) is 9.88 Å². The molecule has 0 bridgehead atoms. The number of nitrogens with zero attached hydrogens (tertiary/aromatic N) is 3. The molecule has 0 unspecified atom stereocenters. The number of anilines is 1. The summed E-state index contributed by atoms with van der Waals surface area (Å²) >= 11 is 1.47. The van der Waals surface area contributed by atoms with Gasteiger partial charge in [-0.25, -0.2) is 9.78 Å². The Balaban J connectivity index is 2.23. The first-order valence-corrected chi connectivity index (χ1v) is 6.80. The van der Waals surface area contributed by atoms with Crippen LogP contribution in [0, 0.1) is 6.92 Å². The molecule has 1 N–H and O–H groups in total. The lowest BCUT2D eigenvalue weighted by molar-refractivity contribution is 0.0690. The van der Waals surface area contributed by atoms with Crippen molar-refractivity contribution in [2.75, 3.05) is 31.6 Å². The highest BCUT2D eigenvalue weighted by Crippen LogP contribution is 2.29. The van der Waals surface area contributed by atoms with Crippen LogP contribution in [0.4, 0.5) is 5.13 Å². The molecule has 0 aromatic carbocycles. The lowest BCUT2D eigenvalue weighted by Gasteiger charge is -2.45. The summed E-state index contributed by atoms with van der Waals surface area (Å²) in [6.45, 7) is 8.93. The largest absolute Gasteiger partial charge is 0.476 e. The highest BCUT2D eigenvalue weighted by Gasteiger charge is 2.32. The SMILES string of the molecule is Cc1sc(N2CCN(C)C(C)(C)C2)nc1C(=O)O. The quantitative estimate of drug-likeness (QED) is 0.885. The molecule has 0 atom stereocenters. The highest BCUT2D eigenvalue weighted by molar-refractivity contribution is 7.15. The first kappa shape index (κ1) is 13.3. The average Bonchev–Trinajstić information content (AvgIpc) is 2.64. The van der Waals surface area contributed by atoms with Crippen molar-refractivity contribution in [3.63, 3.8) is 0 Å².